The second kappa shape index (κ2) is 4.97. The fraction of sp³-hybridized carbons (Fsp3) is 0.0667. The van der Waals surface area contributed by atoms with Gasteiger partial charge in [0.05, 0.1) is 15.6 Å². The molecule has 0 saturated heterocycles. The Bertz CT molecular complexity index is 821. The van der Waals surface area contributed by atoms with Gasteiger partial charge in [-0.2, -0.15) is 13.2 Å². The van der Waals surface area contributed by atoms with Gasteiger partial charge in [-0.15, -0.1) is 0 Å². The molecule has 0 amide bonds. The molecule has 3 rings (SSSR count). The van der Waals surface area contributed by atoms with E-state index in [2.05, 4.69) is 0 Å². The molecule has 0 unspecified atom stereocenters. The van der Waals surface area contributed by atoms with E-state index in [9.17, 15) is 13.2 Å². The maximum absolute atomic E-state index is 13.3. The Hall–Kier alpha value is -1.65. The molecule has 2 aromatic carbocycles. The van der Waals surface area contributed by atoms with Crippen LogP contribution in [0.3, 0.4) is 0 Å². The summed E-state index contributed by atoms with van der Waals surface area (Å²) in [6.07, 6.45) is -4.47. The summed E-state index contributed by atoms with van der Waals surface area (Å²) in [6.45, 7) is 0. The first-order chi connectivity index (χ1) is 9.88. The third kappa shape index (κ3) is 2.49. The number of nitrogens with zero attached hydrogens (tertiary/aromatic N) is 1. The van der Waals surface area contributed by atoms with E-state index in [1.54, 1.807) is 24.3 Å². The van der Waals surface area contributed by atoms with Crippen molar-refractivity contribution in [1.29, 1.82) is 0 Å². The summed E-state index contributed by atoms with van der Waals surface area (Å²) < 4.78 is 41.0. The van der Waals surface area contributed by atoms with Gasteiger partial charge in [0, 0.05) is 11.1 Å². The van der Waals surface area contributed by atoms with Gasteiger partial charge in [0.2, 0.25) is 0 Å². The van der Waals surface area contributed by atoms with Gasteiger partial charge >= 0.3 is 6.18 Å². The Morgan fingerprint density at radius 2 is 1.57 bits per heavy atom. The monoisotopic (exact) mass is 329 g/mol. The summed E-state index contributed by atoms with van der Waals surface area (Å²) in [6, 6.07) is 12.2. The first-order valence-electron chi connectivity index (χ1n) is 6.01. The van der Waals surface area contributed by atoms with Gasteiger partial charge in [0.25, 0.3) is 0 Å². The second-order valence-corrected chi connectivity index (χ2v) is 5.33. The van der Waals surface area contributed by atoms with Gasteiger partial charge in [0.1, 0.15) is 5.69 Å². The van der Waals surface area contributed by atoms with Crippen molar-refractivity contribution in [3.63, 3.8) is 0 Å². The number of hydrogen-bond donors (Lipinski definition) is 0. The molecule has 21 heavy (non-hydrogen) atoms. The first-order valence-corrected chi connectivity index (χ1v) is 6.76. The highest BCUT2D eigenvalue weighted by atomic mass is 35.5. The van der Waals surface area contributed by atoms with E-state index >= 15 is 0 Å². The molecule has 0 bridgehead atoms. The minimum absolute atomic E-state index is 0.208. The molecule has 0 aliphatic rings. The van der Waals surface area contributed by atoms with Gasteiger partial charge in [0.15, 0.2) is 0 Å². The lowest BCUT2D eigenvalue weighted by Gasteiger charge is -2.13. The van der Waals surface area contributed by atoms with Crippen molar-refractivity contribution < 1.29 is 13.2 Å². The molecule has 0 N–H and O–H groups in total. The minimum atomic E-state index is -4.47. The first kappa shape index (κ1) is 14.3. The molecule has 6 heteroatoms. The average molecular weight is 330 g/mol. The van der Waals surface area contributed by atoms with Gasteiger partial charge in [-0.1, -0.05) is 41.4 Å². The van der Waals surface area contributed by atoms with E-state index in [0.717, 1.165) is 10.6 Å². The smallest absolute Gasteiger partial charge is 0.305 e. The molecule has 0 fully saturated rings. The lowest BCUT2D eigenvalue weighted by molar-refractivity contribution is -0.142. The Labute approximate surface area is 128 Å². The molecule has 0 aliphatic heterocycles. The third-order valence-corrected chi connectivity index (χ3v) is 3.90. The van der Waals surface area contributed by atoms with Crippen LogP contribution in [0.15, 0.2) is 48.5 Å². The molecular weight excluding hydrogens is 322 g/mol. The van der Waals surface area contributed by atoms with Crippen molar-refractivity contribution in [2.75, 3.05) is 0 Å². The number of para-hydroxylation sites is 1. The van der Waals surface area contributed by atoms with Crippen molar-refractivity contribution in [2.45, 2.75) is 6.18 Å². The molecule has 0 saturated carbocycles. The van der Waals surface area contributed by atoms with E-state index in [1.165, 1.54) is 18.2 Å². The number of aromatic nitrogens is 1. The van der Waals surface area contributed by atoms with Gasteiger partial charge in [-0.25, -0.2) is 0 Å². The maximum atomic E-state index is 13.3. The molecule has 108 valence electrons. The zero-order chi connectivity index (χ0) is 15.2. The van der Waals surface area contributed by atoms with Crippen molar-refractivity contribution in [2.24, 2.45) is 0 Å². The van der Waals surface area contributed by atoms with Crippen molar-refractivity contribution in [3.8, 4) is 5.69 Å². The number of fused-ring (bicyclic) bond motifs is 1. The number of benzene rings is 2. The lowest BCUT2D eigenvalue weighted by Crippen LogP contribution is -2.12. The topological polar surface area (TPSA) is 4.93 Å². The number of hydrogen-bond acceptors (Lipinski definition) is 0. The normalized spacial score (nSPS) is 12.0. The molecule has 0 spiro atoms. The summed E-state index contributed by atoms with van der Waals surface area (Å²) >= 11 is 11.7. The van der Waals surface area contributed by atoms with Crippen molar-refractivity contribution in [3.05, 3.63) is 64.3 Å². The molecule has 3 aromatic rings. The van der Waals surface area contributed by atoms with Gasteiger partial charge in [-0.3, -0.25) is 0 Å². The molecule has 1 aromatic heterocycles. The fourth-order valence-corrected chi connectivity index (χ4v) is 2.56. The minimum Gasteiger partial charge on any atom is -0.305 e. The highest BCUT2D eigenvalue weighted by Crippen LogP contribution is 2.37. The summed E-state index contributed by atoms with van der Waals surface area (Å²) in [7, 11) is 0. The lowest BCUT2D eigenvalue weighted by atomic mass is 10.2. The van der Waals surface area contributed by atoms with Gasteiger partial charge < -0.3 is 4.57 Å². The predicted molar refractivity (Wildman–Crippen MR) is 78.3 cm³/mol. The summed E-state index contributed by atoms with van der Waals surface area (Å²) in [5, 5.41) is 1.02. The number of rotatable bonds is 1. The van der Waals surface area contributed by atoms with E-state index < -0.39 is 11.9 Å². The number of halogens is 5. The SMILES string of the molecule is FC(F)(F)c1cc2ccccc2n1-c1ccc(Cl)c(Cl)c1. The average Bonchev–Trinajstić information content (AvgIpc) is 2.81. The van der Waals surface area contributed by atoms with Crippen LogP contribution in [-0.4, -0.2) is 4.57 Å². The van der Waals surface area contributed by atoms with Crippen LogP contribution < -0.4 is 0 Å². The number of alkyl halides is 3. The summed E-state index contributed by atoms with van der Waals surface area (Å²) in [4.78, 5) is 0. The van der Waals surface area contributed by atoms with E-state index in [-0.39, 0.29) is 5.02 Å². The summed E-state index contributed by atoms with van der Waals surface area (Å²) in [5.41, 5.74) is 0.0308. The zero-order valence-corrected chi connectivity index (χ0v) is 12.0. The van der Waals surface area contributed by atoms with Crippen LogP contribution in [-0.2, 0) is 6.18 Å². The fourth-order valence-electron chi connectivity index (χ4n) is 2.27. The quantitative estimate of drug-likeness (QED) is 0.519. The van der Waals surface area contributed by atoms with Crippen LogP contribution in [0, 0.1) is 0 Å². The Kier molecular flexibility index (Phi) is 3.38. The molecule has 0 atom stereocenters. The second-order valence-electron chi connectivity index (χ2n) is 4.52. The Morgan fingerprint density at radius 3 is 2.24 bits per heavy atom. The van der Waals surface area contributed by atoms with E-state index in [0.29, 0.717) is 21.6 Å². The van der Waals surface area contributed by atoms with Crippen molar-refractivity contribution >= 4 is 34.1 Å². The summed E-state index contributed by atoms with van der Waals surface area (Å²) in [5.74, 6) is 0. The Morgan fingerprint density at radius 1 is 0.857 bits per heavy atom. The van der Waals surface area contributed by atoms with Crippen LogP contribution in [0.25, 0.3) is 16.6 Å². The predicted octanol–water partition coefficient (Wildman–Crippen LogP) is 5.96. The zero-order valence-electron chi connectivity index (χ0n) is 10.5. The highest BCUT2D eigenvalue weighted by molar-refractivity contribution is 6.42. The van der Waals surface area contributed by atoms with Crippen LogP contribution in [0.4, 0.5) is 13.2 Å². The molecule has 0 aliphatic carbocycles. The van der Waals surface area contributed by atoms with Crippen LogP contribution in [0.2, 0.25) is 10.0 Å². The standard InChI is InChI=1S/C15H8Cl2F3N/c16-11-6-5-10(8-12(11)17)21-13-4-2-1-3-9(13)7-14(21)15(18,19)20/h1-8H. The molecule has 1 heterocycles. The van der Waals surface area contributed by atoms with Gasteiger partial charge in [-0.05, 0) is 30.3 Å². The maximum Gasteiger partial charge on any atom is 0.431 e. The van der Waals surface area contributed by atoms with E-state index in [1.807, 2.05) is 0 Å². The van der Waals surface area contributed by atoms with Crippen molar-refractivity contribution in [1.82, 2.24) is 4.57 Å². The highest BCUT2D eigenvalue weighted by Gasteiger charge is 2.35. The molecular formula is C15H8Cl2F3N. The van der Waals surface area contributed by atoms with Crippen LogP contribution >= 0.6 is 23.2 Å². The molecule has 1 nitrogen and oxygen atoms in total. The van der Waals surface area contributed by atoms with Crippen LogP contribution in [0.1, 0.15) is 5.69 Å². The van der Waals surface area contributed by atoms with Crippen LogP contribution in [0.5, 0.6) is 0 Å². The Balaban J connectivity index is 2.36. The molecule has 0 radical (unpaired) electrons. The third-order valence-electron chi connectivity index (χ3n) is 3.16. The van der Waals surface area contributed by atoms with E-state index in [4.69, 9.17) is 23.2 Å². The largest absolute Gasteiger partial charge is 0.431 e.